The molecule has 0 amide bonds. The molecule has 186 valence electrons. The highest BCUT2D eigenvalue weighted by Gasteiger charge is 2.18. The Labute approximate surface area is 211 Å². The normalized spacial score (nSPS) is 14.8. The third-order valence-corrected chi connectivity index (χ3v) is 9.16. The van der Waals surface area contributed by atoms with Crippen molar-refractivity contribution in [2.24, 2.45) is 7.05 Å². The van der Waals surface area contributed by atoms with Crippen molar-refractivity contribution in [3.05, 3.63) is 70.8 Å². The van der Waals surface area contributed by atoms with Crippen LogP contribution in [0.25, 0.3) is 12.2 Å². The Balaban J connectivity index is 1.25. The van der Waals surface area contributed by atoms with E-state index in [2.05, 4.69) is 15.1 Å². The van der Waals surface area contributed by atoms with Gasteiger partial charge in [-0.15, -0.1) is 10.2 Å². The van der Waals surface area contributed by atoms with Gasteiger partial charge in [-0.1, -0.05) is 43.0 Å². The number of fused-ring (bicyclic) bond motifs is 1. The van der Waals surface area contributed by atoms with E-state index >= 15 is 0 Å². The monoisotopic (exact) mass is 514 g/mol. The molecule has 9 heteroatoms. The standard InChI is InChI=1S/C26H31FN4O2S2/c1-3-35(32,33)24-11-8-21-13-16-31(17-14-22(21)19-24)15-4-18-34-26-29-28-25(30(26)2)12-7-20-5-9-23(27)10-6-20/h5-12,19H,3-4,13-18H2,1-2H3/b12-7+. The lowest BCUT2D eigenvalue weighted by Crippen LogP contribution is -2.27. The molecule has 2 heterocycles. The molecule has 6 nitrogen and oxygen atoms in total. The summed E-state index contributed by atoms with van der Waals surface area (Å²) in [6.07, 6.45) is 6.64. The molecular weight excluding hydrogens is 483 g/mol. The van der Waals surface area contributed by atoms with Gasteiger partial charge >= 0.3 is 0 Å². The SMILES string of the molecule is CCS(=O)(=O)c1ccc2c(c1)CCN(CCCSc1nnc(/C=C/c3ccc(F)cc3)n1C)CC2. The number of nitrogens with zero attached hydrogens (tertiary/aromatic N) is 4. The quantitative estimate of drug-likeness (QED) is 0.309. The Morgan fingerprint density at radius 2 is 1.77 bits per heavy atom. The van der Waals surface area contributed by atoms with Gasteiger partial charge in [-0.25, -0.2) is 12.8 Å². The molecule has 0 bridgehead atoms. The minimum absolute atomic E-state index is 0.132. The van der Waals surface area contributed by atoms with Crippen LogP contribution in [0.3, 0.4) is 0 Å². The minimum Gasteiger partial charge on any atom is -0.306 e. The molecule has 0 saturated carbocycles. The predicted molar refractivity (Wildman–Crippen MR) is 140 cm³/mol. The Bertz CT molecular complexity index is 1290. The van der Waals surface area contributed by atoms with Crippen LogP contribution in [-0.4, -0.2) is 59.2 Å². The fraction of sp³-hybridized carbons (Fsp3) is 0.385. The highest BCUT2D eigenvalue weighted by atomic mass is 32.2. The van der Waals surface area contributed by atoms with Gasteiger partial charge < -0.3 is 9.47 Å². The Hall–Kier alpha value is -2.49. The molecule has 35 heavy (non-hydrogen) atoms. The number of halogens is 1. The Kier molecular flexibility index (Phi) is 8.41. The molecule has 0 unspecified atom stereocenters. The molecule has 0 atom stereocenters. The molecule has 0 saturated heterocycles. The summed E-state index contributed by atoms with van der Waals surface area (Å²) in [7, 11) is -1.22. The highest BCUT2D eigenvalue weighted by molar-refractivity contribution is 7.99. The van der Waals surface area contributed by atoms with E-state index in [4.69, 9.17) is 0 Å². The van der Waals surface area contributed by atoms with Gasteiger partial charge in [0, 0.05) is 25.9 Å². The summed E-state index contributed by atoms with van der Waals surface area (Å²) >= 11 is 1.69. The molecule has 2 aromatic carbocycles. The van der Waals surface area contributed by atoms with Crippen molar-refractivity contribution in [3.63, 3.8) is 0 Å². The summed E-state index contributed by atoms with van der Waals surface area (Å²) in [4.78, 5) is 2.90. The predicted octanol–water partition coefficient (Wildman–Crippen LogP) is 4.50. The number of hydrogen-bond donors (Lipinski definition) is 0. The number of sulfone groups is 1. The first-order valence-corrected chi connectivity index (χ1v) is 14.5. The van der Waals surface area contributed by atoms with E-state index in [9.17, 15) is 12.8 Å². The first-order valence-electron chi connectivity index (χ1n) is 11.9. The number of thioether (sulfide) groups is 1. The fourth-order valence-corrected chi connectivity index (χ4v) is 5.90. The number of aromatic nitrogens is 3. The van der Waals surface area contributed by atoms with Gasteiger partial charge in [0.2, 0.25) is 0 Å². The molecule has 0 radical (unpaired) electrons. The largest absolute Gasteiger partial charge is 0.306 e. The lowest BCUT2D eigenvalue weighted by molar-refractivity contribution is 0.289. The minimum atomic E-state index is -3.17. The zero-order valence-electron chi connectivity index (χ0n) is 20.2. The smallest absolute Gasteiger partial charge is 0.191 e. The van der Waals surface area contributed by atoms with E-state index in [0.29, 0.717) is 4.90 Å². The van der Waals surface area contributed by atoms with Gasteiger partial charge in [0.1, 0.15) is 5.82 Å². The van der Waals surface area contributed by atoms with E-state index in [1.54, 1.807) is 36.9 Å². The van der Waals surface area contributed by atoms with E-state index in [1.807, 2.05) is 35.9 Å². The van der Waals surface area contributed by atoms with Crippen LogP contribution in [0.1, 0.15) is 35.9 Å². The van der Waals surface area contributed by atoms with Crippen molar-refractivity contribution in [1.82, 2.24) is 19.7 Å². The summed E-state index contributed by atoms with van der Waals surface area (Å²) in [5.74, 6) is 1.58. The number of hydrogen-bond acceptors (Lipinski definition) is 6. The summed E-state index contributed by atoms with van der Waals surface area (Å²) in [6.45, 7) is 4.61. The second kappa shape index (κ2) is 11.5. The van der Waals surface area contributed by atoms with E-state index in [-0.39, 0.29) is 11.6 Å². The third kappa shape index (κ3) is 6.59. The molecule has 4 rings (SSSR count). The number of rotatable bonds is 9. The molecular formula is C26H31FN4O2S2. The maximum atomic E-state index is 13.1. The summed E-state index contributed by atoms with van der Waals surface area (Å²) in [6, 6.07) is 12.0. The molecule has 0 N–H and O–H groups in total. The first kappa shape index (κ1) is 25.6. The van der Waals surface area contributed by atoms with E-state index < -0.39 is 9.84 Å². The van der Waals surface area contributed by atoms with Crippen molar-refractivity contribution in [2.45, 2.75) is 36.2 Å². The van der Waals surface area contributed by atoms with Crippen molar-refractivity contribution in [2.75, 3.05) is 31.1 Å². The van der Waals surface area contributed by atoms with Crippen LogP contribution in [-0.2, 0) is 29.7 Å². The topological polar surface area (TPSA) is 68.1 Å². The van der Waals surface area contributed by atoms with E-state index in [0.717, 1.165) is 66.8 Å². The van der Waals surface area contributed by atoms with Crippen LogP contribution in [0, 0.1) is 5.82 Å². The highest BCUT2D eigenvalue weighted by Crippen LogP contribution is 2.22. The second-order valence-corrected chi connectivity index (χ2v) is 12.0. The van der Waals surface area contributed by atoms with Gasteiger partial charge in [0.05, 0.1) is 10.6 Å². The molecule has 1 aliphatic heterocycles. The van der Waals surface area contributed by atoms with Crippen LogP contribution >= 0.6 is 11.8 Å². The maximum absolute atomic E-state index is 13.1. The lowest BCUT2D eigenvalue weighted by atomic mass is 10.0. The average molecular weight is 515 g/mol. The summed E-state index contributed by atoms with van der Waals surface area (Å²) < 4.78 is 39.5. The van der Waals surface area contributed by atoms with Gasteiger partial charge in [-0.2, -0.15) is 0 Å². The van der Waals surface area contributed by atoms with Crippen LogP contribution in [0.5, 0.6) is 0 Å². The van der Waals surface area contributed by atoms with Crippen LogP contribution in [0.15, 0.2) is 52.5 Å². The second-order valence-electron chi connectivity index (χ2n) is 8.66. The van der Waals surface area contributed by atoms with Crippen molar-refractivity contribution < 1.29 is 12.8 Å². The van der Waals surface area contributed by atoms with Gasteiger partial charge in [-0.05, 0) is 72.8 Å². The van der Waals surface area contributed by atoms with Gasteiger partial charge in [0.25, 0.3) is 0 Å². The lowest BCUT2D eigenvalue weighted by Gasteiger charge is -2.19. The molecule has 3 aromatic rings. The Morgan fingerprint density at radius 3 is 2.51 bits per heavy atom. The van der Waals surface area contributed by atoms with Crippen LogP contribution in [0.4, 0.5) is 4.39 Å². The zero-order chi connectivity index (χ0) is 24.8. The molecule has 1 aromatic heterocycles. The Morgan fingerprint density at radius 1 is 1.03 bits per heavy atom. The fourth-order valence-electron chi connectivity index (χ4n) is 4.12. The number of benzene rings is 2. The maximum Gasteiger partial charge on any atom is 0.191 e. The summed E-state index contributed by atoms with van der Waals surface area (Å²) in [5.41, 5.74) is 3.33. The zero-order valence-corrected chi connectivity index (χ0v) is 21.8. The van der Waals surface area contributed by atoms with Gasteiger partial charge in [-0.3, -0.25) is 0 Å². The first-order chi connectivity index (χ1) is 16.9. The molecule has 0 spiro atoms. The van der Waals surface area contributed by atoms with Crippen LogP contribution in [0.2, 0.25) is 0 Å². The van der Waals surface area contributed by atoms with Crippen molar-refractivity contribution >= 4 is 33.8 Å². The molecule has 1 aliphatic rings. The van der Waals surface area contributed by atoms with E-state index in [1.165, 1.54) is 17.7 Å². The molecule has 0 aliphatic carbocycles. The third-order valence-electron chi connectivity index (χ3n) is 6.32. The van der Waals surface area contributed by atoms with Crippen molar-refractivity contribution in [3.8, 4) is 0 Å². The summed E-state index contributed by atoms with van der Waals surface area (Å²) in [5, 5.41) is 9.44. The van der Waals surface area contributed by atoms with Crippen LogP contribution < -0.4 is 0 Å². The average Bonchev–Trinajstić information content (AvgIpc) is 3.08. The van der Waals surface area contributed by atoms with Crippen molar-refractivity contribution in [1.29, 1.82) is 0 Å². The van der Waals surface area contributed by atoms with Gasteiger partial charge in [0.15, 0.2) is 20.8 Å². The molecule has 0 fully saturated rings.